The van der Waals surface area contributed by atoms with Crippen molar-refractivity contribution in [1.29, 1.82) is 0 Å². The SMILES string of the molecule is COc1ccc(S(=O)(=O)N2CCOCC2)cc1C(=O)Nc1nc(-c2ccc(F)c(F)c2)cs1. The molecular formula is C21H19F2N3O5S2. The van der Waals surface area contributed by atoms with Crippen LogP contribution in [0.2, 0.25) is 0 Å². The molecule has 0 radical (unpaired) electrons. The molecule has 0 unspecified atom stereocenters. The molecule has 1 aromatic heterocycles. The monoisotopic (exact) mass is 495 g/mol. The van der Waals surface area contributed by atoms with Crippen LogP contribution in [0.25, 0.3) is 11.3 Å². The highest BCUT2D eigenvalue weighted by atomic mass is 32.2. The van der Waals surface area contributed by atoms with Crippen LogP contribution >= 0.6 is 11.3 Å². The Morgan fingerprint density at radius 1 is 1.15 bits per heavy atom. The summed E-state index contributed by atoms with van der Waals surface area (Å²) in [4.78, 5) is 17.1. The Bertz CT molecular complexity index is 1290. The van der Waals surface area contributed by atoms with E-state index in [1.54, 1.807) is 5.38 Å². The van der Waals surface area contributed by atoms with Crippen LogP contribution in [0.15, 0.2) is 46.7 Å². The Hall–Kier alpha value is -2.93. The number of carbonyl (C=O) groups excluding carboxylic acids is 1. The second-order valence-electron chi connectivity index (χ2n) is 7.00. The number of morpholine rings is 1. The lowest BCUT2D eigenvalue weighted by atomic mass is 10.2. The van der Waals surface area contributed by atoms with Crippen molar-refractivity contribution in [2.24, 2.45) is 0 Å². The summed E-state index contributed by atoms with van der Waals surface area (Å²) in [6.07, 6.45) is 0. The van der Waals surface area contributed by atoms with E-state index in [2.05, 4.69) is 10.3 Å². The van der Waals surface area contributed by atoms with Gasteiger partial charge in [-0.05, 0) is 36.4 Å². The van der Waals surface area contributed by atoms with Gasteiger partial charge in [-0.1, -0.05) is 0 Å². The van der Waals surface area contributed by atoms with E-state index in [9.17, 15) is 22.0 Å². The predicted molar refractivity (Wildman–Crippen MR) is 118 cm³/mol. The fourth-order valence-corrected chi connectivity index (χ4v) is 5.39. The summed E-state index contributed by atoms with van der Waals surface area (Å²) in [5.41, 5.74) is 0.711. The van der Waals surface area contributed by atoms with Crippen LogP contribution in [-0.4, -0.2) is 57.0 Å². The van der Waals surface area contributed by atoms with Crippen molar-refractivity contribution in [2.75, 3.05) is 38.7 Å². The molecule has 3 aromatic rings. The van der Waals surface area contributed by atoms with Gasteiger partial charge in [0.1, 0.15) is 5.75 Å². The molecule has 1 aliphatic rings. The molecule has 8 nitrogen and oxygen atoms in total. The number of amides is 1. The molecule has 12 heteroatoms. The quantitative estimate of drug-likeness (QED) is 0.563. The largest absolute Gasteiger partial charge is 0.496 e. The van der Waals surface area contributed by atoms with E-state index in [0.29, 0.717) is 24.5 Å². The number of anilines is 1. The van der Waals surface area contributed by atoms with Crippen LogP contribution in [0, 0.1) is 11.6 Å². The summed E-state index contributed by atoms with van der Waals surface area (Å²) < 4.78 is 64.3. The van der Waals surface area contributed by atoms with Crippen molar-refractivity contribution in [3.63, 3.8) is 0 Å². The topological polar surface area (TPSA) is 97.8 Å². The average molecular weight is 496 g/mol. The van der Waals surface area contributed by atoms with Crippen molar-refractivity contribution in [3.8, 4) is 17.0 Å². The maximum absolute atomic E-state index is 13.5. The molecule has 2 aromatic carbocycles. The smallest absolute Gasteiger partial charge is 0.261 e. The lowest BCUT2D eigenvalue weighted by Gasteiger charge is -2.26. The highest BCUT2D eigenvalue weighted by Gasteiger charge is 2.28. The molecule has 0 aliphatic carbocycles. The summed E-state index contributed by atoms with van der Waals surface area (Å²) in [5.74, 6) is -2.42. The van der Waals surface area contributed by atoms with E-state index < -0.39 is 27.6 Å². The highest BCUT2D eigenvalue weighted by molar-refractivity contribution is 7.89. The van der Waals surface area contributed by atoms with Gasteiger partial charge >= 0.3 is 0 Å². The fraction of sp³-hybridized carbons (Fsp3) is 0.238. The Balaban J connectivity index is 1.58. The third-order valence-corrected chi connectivity index (χ3v) is 7.62. The molecule has 0 atom stereocenters. The molecule has 33 heavy (non-hydrogen) atoms. The van der Waals surface area contributed by atoms with Crippen LogP contribution in [0.4, 0.5) is 13.9 Å². The zero-order valence-corrected chi connectivity index (χ0v) is 19.0. The first kappa shape index (κ1) is 23.2. The van der Waals surface area contributed by atoms with Crippen molar-refractivity contribution in [2.45, 2.75) is 4.90 Å². The number of hydrogen-bond acceptors (Lipinski definition) is 7. The zero-order valence-electron chi connectivity index (χ0n) is 17.4. The van der Waals surface area contributed by atoms with E-state index in [1.165, 1.54) is 35.7 Å². The second-order valence-corrected chi connectivity index (χ2v) is 9.80. The molecule has 0 saturated carbocycles. The summed E-state index contributed by atoms with van der Waals surface area (Å²) in [5, 5.41) is 4.38. The normalized spacial score (nSPS) is 14.8. The molecule has 1 saturated heterocycles. The Morgan fingerprint density at radius 3 is 2.61 bits per heavy atom. The fourth-order valence-electron chi connectivity index (χ4n) is 3.24. The number of halogens is 2. The zero-order chi connectivity index (χ0) is 23.6. The molecular weight excluding hydrogens is 476 g/mol. The Morgan fingerprint density at radius 2 is 1.91 bits per heavy atom. The first-order chi connectivity index (χ1) is 15.8. The number of nitrogens with zero attached hydrogens (tertiary/aromatic N) is 2. The van der Waals surface area contributed by atoms with E-state index in [1.807, 2.05) is 0 Å². The number of hydrogen-bond donors (Lipinski definition) is 1. The lowest BCUT2D eigenvalue weighted by Crippen LogP contribution is -2.40. The molecule has 4 rings (SSSR count). The van der Waals surface area contributed by atoms with Gasteiger partial charge in [-0.3, -0.25) is 10.1 Å². The number of ether oxygens (including phenoxy) is 2. The highest BCUT2D eigenvalue weighted by Crippen LogP contribution is 2.29. The first-order valence-electron chi connectivity index (χ1n) is 9.78. The van der Waals surface area contributed by atoms with Crippen LogP contribution in [0.1, 0.15) is 10.4 Å². The molecule has 1 amide bonds. The van der Waals surface area contributed by atoms with Gasteiger partial charge in [0.2, 0.25) is 10.0 Å². The van der Waals surface area contributed by atoms with Crippen molar-refractivity contribution < 1.29 is 31.5 Å². The second kappa shape index (κ2) is 9.51. The summed E-state index contributed by atoms with van der Waals surface area (Å²) in [7, 11) is -2.45. The van der Waals surface area contributed by atoms with Crippen LogP contribution in [0.3, 0.4) is 0 Å². The van der Waals surface area contributed by atoms with Gasteiger partial charge in [-0.15, -0.1) is 11.3 Å². The van der Waals surface area contributed by atoms with Gasteiger partial charge in [0.05, 0.1) is 36.5 Å². The summed E-state index contributed by atoms with van der Waals surface area (Å²) in [6, 6.07) is 7.43. The summed E-state index contributed by atoms with van der Waals surface area (Å²) >= 11 is 1.08. The standard InChI is InChI=1S/C21H19F2N3O5S2/c1-30-19-5-3-14(33(28,29)26-6-8-31-9-7-26)11-15(19)20(27)25-21-24-18(12-32-21)13-2-4-16(22)17(23)10-13/h2-5,10-12H,6-9H2,1H3,(H,24,25,27). The Kier molecular flexibility index (Phi) is 6.70. The Labute approximate surface area is 192 Å². The number of methoxy groups -OCH3 is 1. The lowest BCUT2D eigenvalue weighted by molar-refractivity contribution is 0.0730. The van der Waals surface area contributed by atoms with E-state index in [-0.39, 0.29) is 34.4 Å². The number of carbonyl (C=O) groups is 1. The minimum absolute atomic E-state index is 0.0106. The maximum Gasteiger partial charge on any atom is 0.261 e. The molecule has 2 heterocycles. The van der Waals surface area contributed by atoms with Gasteiger partial charge in [-0.2, -0.15) is 4.31 Å². The number of benzene rings is 2. The van der Waals surface area contributed by atoms with Crippen LogP contribution in [-0.2, 0) is 14.8 Å². The number of rotatable bonds is 6. The molecule has 1 aliphatic heterocycles. The number of sulfonamides is 1. The third kappa shape index (κ3) is 4.88. The number of thiazole rings is 1. The predicted octanol–water partition coefficient (Wildman–Crippen LogP) is 3.37. The first-order valence-corrected chi connectivity index (χ1v) is 12.1. The van der Waals surface area contributed by atoms with Crippen molar-refractivity contribution in [1.82, 2.24) is 9.29 Å². The molecule has 1 fully saturated rings. The minimum Gasteiger partial charge on any atom is -0.496 e. The van der Waals surface area contributed by atoms with Crippen molar-refractivity contribution >= 4 is 32.4 Å². The van der Waals surface area contributed by atoms with Gasteiger partial charge in [0.25, 0.3) is 5.91 Å². The van der Waals surface area contributed by atoms with Gasteiger partial charge in [-0.25, -0.2) is 22.2 Å². The van der Waals surface area contributed by atoms with Gasteiger partial charge in [0, 0.05) is 24.0 Å². The average Bonchev–Trinajstić information content (AvgIpc) is 3.29. The van der Waals surface area contributed by atoms with Crippen molar-refractivity contribution in [3.05, 3.63) is 59.0 Å². The van der Waals surface area contributed by atoms with Gasteiger partial charge in [0.15, 0.2) is 16.8 Å². The number of aromatic nitrogens is 1. The minimum atomic E-state index is -3.82. The molecule has 0 spiro atoms. The molecule has 0 bridgehead atoms. The number of nitrogens with one attached hydrogen (secondary N) is 1. The van der Waals surface area contributed by atoms with E-state index in [4.69, 9.17) is 9.47 Å². The van der Waals surface area contributed by atoms with E-state index in [0.717, 1.165) is 23.5 Å². The third-order valence-electron chi connectivity index (χ3n) is 4.96. The van der Waals surface area contributed by atoms with Crippen LogP contribution < -0.4 is 10.1 Å². The molecule has 1 N–H and O–H groups in total. The van der Waals surface area contributed by atoms with Gasteiger partial charge < -0.3 is 9.47 Å². The van der Waals surface area contributed by atoms with E-state index >= 15 is 0 Å². The van der Waals surface area contributed by atoms with Crippen LogP contribution in [0.5, 0.6) is 5.75 Å². The molecule has 174 valence electrons. The maximum atomic E-state index is 13.5. The summed E-state index contributed by atoms with van der Waals surface area (Å²) in [6.45, 7) is 1.05.